The number of hydrogen-bond donors (Lipinski definition) is 0. The zero-order valence-corrected chi connectivity index (χ0v) is 9.01. The summed E-state index contributed by atoms with van der Waals surface area (Å²) in [6, 6.07) is 16.4. The van der Waals surface area contributed by atoms with E-state index in [2.05, 4.69) is 0 Å². The maximum absolute atomic E-state index is 12.1. The van der Waals surface area contributed by atoms with Gasteiger partial charge < -0.3 is 4.74 Å². The maximum atomic E-state index is 12.1. The number of benzene rings is 2. The number of rotatable bonds is 3. The van der Waals surface area contributed by atoms with Gasteiger partial charge in [0.05, 0.1) is 7.11 Å². The Bertz CT molecular complexity index is 489. The Kier molecular flexibility index (Phi) is 3.01. The van der Waals surface area contributed by atoms with Crippen molar-refractivity contribution in [3.05, 3.63) is 65.7 Å². The molecule has 0 heterocycles. The van der Waals surface area contributed by atoms with Crippen molar-refractivity contribution in [2.24, 2.45) is 0 Å². The van der Waals surface area contributed by atoms with Crippen molar-refractivity contribution in [3.8, 4) is 5.75 Å². The van der Waals surface area contributed by atoms with E-state index >= 15 is 0 Å². The van der Waals surface area contributed by atoms with Crippen molar-refractivity contribution in [1.82, 2.24) is 0 Å². The van der Waals surface area contributed by atoms with Crippen LogP contribution in [0.5, 0.6) is 5.75 Å². The van der Waals surface area contributed by atoms with Gasteiger partial charge in [-0.25, -0.2) is 0 Å². The zero-order chi connectivity index (χ0) is 11.4. The molecule has 0 atom stereocenters. The lowest BCUT2D eigenvalue weighted by molar-refractivity contribution is 0.103. The molecular formula is C14H12O2. The van der Waals surface area contributed by atoms with Gasteiger partial charge in [0.1, 0.15) is 5.75 Å². The van der Waals surface area contributed by atoms with Crippen LogP contribution in [-0.2, 0) is 0 Å². The first-order valence-corrected chi connectivity index (χ1v) is 5.05. The van der Waals surface area contributed by atoms with Crippen LogP contribution in [0.4, 0.5) is 0 Å². The number of methoxy groups -OCH3 is 1. The molecule has 2 aromatic rings. The fourth-order valence-corrected chi connectivity index (χ4v) is 1.52. The van der Waals surface area contributed by atoms with Crippen molar-refractivity contribution in [2.45, 2.75) is 0 Å². The molecule has 0 fully saturated rings. The molecule has 2 nitrogen and oxygen atoms in total. The smallest absolute Gasteiger partial charge is 0.193 e. The third kappa shape index (κ3) is 2.11. The summed E-state index contributed by atoms with van der Waals surface area (Å²) in [6.07, 6.45) is 0. The van der Waals surface area contributed by atoms with E-state index in [0.29, 0.717) is 16.9 Å². The Morgan fingerprint density at radius 1 is 0.938 bits per heavy atom. The van der Waals surface area contributed by atoms with Crippen molar-refractivity contribution < 1.29 is 9.53 Å². The van der Waals surface area contributed by atoms with Crippen molar-refractivity contribution in [3.63, 3.8) is 0 Å². The Balaban J connectivity index is 2.34. The molecule has 2 heteroatoms. The van der Waals surface area contributed by atoms with Crippen LogP contribution in [0.15, 0.2) is 54.6 Å². The fraction of sp³-hybridized carbons (Fsp3) is 0.0714. The average Bonchev–Trinajstić information content (AvgIpc) is 2.39. The van der Waals surface area contributed by atoms with E-state index in [1.807, 2.05) is 42.5 Å². The first-order valence-electron chi connectivity index (χ1n) is 5.05. The van der Waals surface area contributed by atoms with E-state index in [1.165, 1.54) is 0 Å². The molecule has 0 aliphatic rings. The predicted molar refractivity (Wildman–Crippen MR) is 62.9 cm³/mol. The Hall–Kier alpha value is -2.09. The van der Waals surface area contributed by atoms with E-state index in [9.17, 15) is 4.79 Å². The number of carbonyl (C=O) groups excluding carboxylic acids is 1. The number of ether oxygens (including phenoxy) is 1. The largest absolute Gasteiger partial charge is 0.497 e. The lowest BCUT2D eigenvalue weighted by Gasteiger charge is -2.03. The van der Waals surface area contributed by atoms with Crippen molar-refractivity contribution >= 4 is 5.78 Å². The fourth-order valence-electron chi connectivity index (χ4n) is 1.52. The minimum atomic E-state index is 0.0134. The van der Waals surface area contributed by atoms with Crippen LogP contribution in [0.3, 0.4) is 0 Å². The third-order valence-corrected chi connectivity index (χ3v) is 2.37. The van der Waals surface area contributed by atoms with Gasteiger partial charge in [-0.15, -0.1) is 0 Å². The summed E-state index contributed by atoms with van der Waals surface area (Å²) in [6.45, 7) is 0. The average molecular weight is 218 g/mol. The summed E-state index contributed by atoms with van der Waals surface area (Å²) >= 11 is 0. The second-order valence-corrected chi connectivity index (χ2v) is 3.43. The number of carbonyl (C=O) groups is 1. The van der Waals surface area contributed by atoms with Gasteiger partial charge in [-0.1, -0.05) is 42.5 Å². The molecule has 0 spiro atoms. The summed E-state index contributed by atoms with van der Waals surface area (Å²) in [5.74, 6) is 0.710. The van der Waals surface area contributed by atoms with Gasteiger partial charge in [0.25, 0.3) is 0 Å². The molecule has 0 amide bonds. The molecule has 2 aromatic carbocycles. The molecule has 0 radical (unpaired) electrons. The Morgan fingerprint density at radius 3 is 2.31 bits per heavy atom. The minimum Gasteiger partial charge on any atom is -0.497 e. The van der Waals surface area contributed by atoms with Gasteiger partial charge in [0.15, 0.2) is 5.78 Å². The molecule has 0 aliphatic carbocycles. The van der Waals surface area contributed by atoms with E-state index in [4.69, 9.17) is 4.74 Å². The number of hydrogen-bond acceptors (Lipinski definition) is 2. The summed E-state index contributed by atoms with van der Waals surface area (Å²) in [5, 5.41) is 0. The second kappa shape index (κ2) is 4.62. The van der Waals surface area contributed by atoms with Crippen molar-refractivity contribution in [1.29, 1.82) is 0 Å². The Morgan fingerprint density at radius 2 is 1.62 bits per heavy atom. The number of ketones is 1. The minimum absolute atomic E-state index is 0.0134. The van der Waals surface area contributed by atoms with Gasteiger partial charge >= 0.3 is 0 Å². The molecule has 0 saturated heterocycles. The van der Waals surface area contributed by atoms with Crippen LogP contribution < -0.4 is 4.74 Å². The first-order chi connectivity index (χ1) is 7.81. The highest BCUT2D eigenvalue weighted by Crippen LogP contribution is 2.15. The third-order valence-electron chi connectivity index (χ3n) is 2.37. The zero-order valence-electron chi connectivity index (χ0n) is 9.01. The van der Waals surface area contributed by atoms with E-state index in [1.54, 1.807) is 19.2 Å². The molecule has 80 valence electrons. The van der Waals surface area contributed by atoms with Gasteiger partial charge in [-0.05, 0) is 12.1 Å². The second-order valence-electron chi connectivity index (χ2n) is 3.43. The summed E-state index contributed by atoms with van der Waals surface area (Å²) in [4.78, 5) is 12.1. The van der Waals surface area contributed by atoms with E-state index in [-0.39, 0.29) is 5.78 Å². The van der Waals surface area contributed by atoms with E-state index < -0.39 is 0 Å². The van der Waals surface area contributed by atoms with Crippen LogP contribution in [0, 0.1) is 0 Å². The maximum Gasteiger partial charge on any atom is 0.193 e. The molecule has 0 bridgehead atoms. The quantitative estimate of drug-likeness (QED) is 0.740. The summed E-state index contributed by atoms with van der Waals surface area (Å²) in [7, 11) is 1.59. The molecular weight excluding hydrogens is 206 g/mol. The Labute approximate surface area is 94.5 Å². The predicted octanol–water partition coefficient (Wildman–Crippen LogP) is 2.93. The van der Waals surface area contributed by atoms with Gasteiger partial charge in [-0.3, -0.25) is 4.79 Å². The molecule has 2 rings (SSSR count). The topological polar surface area (TPSA) is 26.3 Å². The normalized spacial score (nSPS) is 9.81. The highest BCUT2D eigenvalue weighted by Gasteiger charge is 2.08. The molecule has 0 unspecified atom stereocenters. The standard InChI is InChI=1S/C14H12O2/c1-16-13-9-5-8-12(10-13)14(15)11-6-3-2-4-7-11/h2-10H,1H3/i2+1,3+1,4+1,6+1,7+1,11+1. The van der Waals surface area contributed by atoms with Gasteiger partial charge in [0.2, 0.25) is 0 Å². The lowest BCUT2D eigenvalue weighted by atomic mass is 10.2. The van der Waals surface area contributed by atoms with E-state index in [0.717, 1.165) is 0 Å². The van der Waals surface area contributed by atoms with Crippen LogP contribution in [0.25, 0.3) is 0 Å². The van der Waals surface area contributed by atoms with Gasteiger partial charge in [0, 0.05) is 11.1 Å². The van der Waals surface area contributed by atoms with Crippen LogP contribution in [0.1, 0.15) is 15.9 Å². The molecule has 0 N–H and O–H groups in total. The highest BCUT2D eigenvalue weighted by atomic mass is 16.5. The van der Waals surface area contributed by atoms with Crippen LogP contribution >= 0.6 is 0 Å². The highest BCUT2D eigenvalue weighted by molar-refractivity contribution is 6.09. The summed E-state index contributed by atoms with van der Waals surface area (Å²) in [5.41, 5.74) is 1.33. The monoisotopic (exact) mass is 218 g/mol. The first kappa shape index (κ1) is 10.4. The summed E-state index contributed by atoms with van der Waals surface area (Å²) < 4.78 is 5.09. The lowest BCUT2D eigenvalue weighted by Crippen LogP contribution is -2.00. The SMILES string of the molecule is COc1cccc(C(=O)[13c]2[13cH][13cH][13cH][13cH][13cH]2)c1. The van der Waals surface area contributed by atoms with Gasteiger partial charge in [-0.2, -0.15) is 0 Å². The molecule has 16 heavy (non-hydrogen) atoms. The molecule has 0 saturated carbocycles. The van der Waals surface area contributed by atoms with Crippen LogP contribution in [-0.4, -0.2) is 12.9 Å². The van der Waals surface area contributed by atoms with Crippen molar-refractivity contribution in [2.75, 3.05) is 7.11 Å². The molecule has 0 aromatic heterocycles. The molecule has 0 aliphatic heterocycles. The van der Waals surface area contributed by atoms with Crippen LogP contribution in [0.2, 0.25) is 0 Å².